The van der Waals surface area contributed by atoms with Gasteiger partial charge in [-0.3, -0.25) is 10.2 Å². The first-order chi connectivity index (χ1) is 8.61. The van der Waals surface area contributed by atoms with E-state index < -0.39 is 6.03 Å². The van der Waals surface area contributed by atoms with Gasteiger partial charge in [-0.15, -0.1) is 0 Å². The summed E-state index contributed by atoms with van der Waals surface area (Å²) in [5.74, 6) is -0.205. The van der Waals surface area contributed by atoms with Crippen LogP contribution in [0.3, 0.4) is 0 Å². The Morgan fingerprint density at radius 3 is 2.44 bits per heavy atom. The van der Waals surface area contributed by atoms with Crippen molar-refractivity contribution in [3.8, 4) is 0 Å². The van der Waals surface area contributed by atoms with Crippen LogP contribution in [-0.2, 0) is 4.79 Å². The second kappa shape index (κ2) is 7.55. The molecule has 0 radical (unpaired) electrons. The van der Waals surface area contributed by atoms with E-state index in [0.29, 0.717) is 17.1 Å². The van der Waals surface area contributed by atoms with Gasteiger partial charge in [0.25, 0.3) is 0 Å². The maximum absolute atomic E-state index is 11.4. The van der Waals surface area contributed by atoms with Crippen molar-refractivity contribution in [2.75, 3.05) is 5.32 Å². The fourth-order valence-corrected chi connectivity index (χ4v) is 1.35. The van der Waals surface area contributed by atoms with Crippen LogP contribution in [0.1, 0.15) is 26.2 Å². The quantitative estimate of drug-likeness (QED) is 0.736. The van der Waals surface area contributed by atoms with Crippen LogP contribution in [0.25, 0.3) is 0 Å². The molecule has 0 fully saturated rings. The molecule has 1 aromatic carbocycles. The van der Waals surface area contributed by atoms with E-state index in [4.69, 9.17) is 11.6 Å². The predicted octanol–water partition coefficient (Wildman–Crippen LogP) is 2.68. The van der Waals surface area contributed by atoms with Gasteiger partial charge in [-0.05, 0) is 30.7 Å². The summed E-state index contributed by atoms with van der Waals surface area (Å²) in [6.07, 6.45) is 2.13. The third-order valence-corrected chi connectivity index (χ3v) is 2.43. The first-order valence-electron chi connectivity index (χ1n) is 5.73. The molecule has 0 spiro atoms. The van der Waals surface area contributed by atoms with Gasteiger partial charge < -0.3 is 5.32 Å². The second-order valence-electron chi connectivity index (χ2n) is 3.74. The summed E-state index contributed by atoms with van der Waals surface area (Å²) in [5.41, 5.74) is 5.19. The molecule has 0 heterocycles. The zero-order valence-electron chi connectivity index (χ0n) is 10.1. The van der Waals surface area contributed by atoms with Gasteiger partial charge in [0, 0.05) is 17.1 Å². The van der Waals surface area contributed by atoms with Crippen molar-refractivity contribution in [2.24, 2.45) is 0 Å². The number of anilines is 1. The number of carbonyl (C=O) groups excluding carboxylic acids is 2. The summed E-state index contributed by atoms with van der Waals surface area (Å²) in [4.78, 5) is 22.6. The van der Waals surface area contributed by atoms with Crippen LogP contribution in [0, 0.1) is 0 Å². The molecule has 3 amide bonds. The SMILES string of the molecule is CCCCC(=O)NNC(=O)Nc1ccc(Cl)cc1. The second-order valence-corrected chi connectivity index (χ2v) is 4.17. The van der Waals surface area contributed by atoms with Gasteiger partial charge >= 0.3 is 6.03 Å². The number of urea groups is 1. The summed E-state index contributed by atoms with van der Waals surface area (Å²) < 4.78 is 0. The van der Waals surface area contributed by atoms with Crippen molar-refractivity contribution >= 4 is 29.2 Å². The molecule has 0 aliphatic rings. The highest BCUT2D eigenvalue weighted by molar-refractivity contribution is 6.30. The Kier molecular flexibility index (Phi) is 6.00. The first-order valence-corrected chi connectivity index (χ1v) is 6.11. The predicted molar refractivity (Wildman–Crippen MR) is 71.3 cm³/mol. The number of carbonyl (C=O) groups is 2. The fraction of sp³-hybridized carbons (Fsp3) is 0.333. The van der Waals surface area contributed by atoms with E-state index in [1.165, 1.54) is 0 Å². The third-order valence-electron chi connectivity index (χ3n) is 2.17. The summed E-state index contributed by atoms with van der Waals surface area (Å²) >= 11 is 5.71. The van der Waals surface area contributed by atoms with Gasteiger partial charge in [-0.1, -0.05) is 24.9 Å². The molecule has 0 aliphatic heterocycles. The Balaban J connectivity index is 2.29. The monoisotopic (exact) mass is 269 g/mol. The van der Waals surface area contributed by atoms with Crippen molar-refractivity contribution in [1.82, 2.24) is 10.9 Å². The lowest BCUT2D eigenvalue weighted by molar-refractivity contribution is -0.121. The van der Waals surface area contributed by atoms with Crippen LogP contribution >= 0.6 is 11.6 Å². The van der Waals surface area contributed by atoms with Crippen molar-refractivity contribution in [1.29, 1.82) is 0 Å². The van der Waals surface area contributed by atoms with E-state index in [9.17, 15) is 9.59 Å². The minimum atomic E-state index is -0.498. The minimum Gasteiger partial charge on any atom is -0.307 e. The van der Waals surface area contributed by atoms with Gasteiger partial charge in [0.2, 0.25) is 5.91 Å². The van der Waals surface area contributed by atoms with Gasteiger partial charge in [0.15, 0.2) is 0 Å². The molecule has 18 heavy (non-hydrogen) atoms. The Hall–Kier alpha value is -1.75. The standard InChI is InChI=1S/C12H16ClN3O2/c1-2-3-4-11(17)15-16-12(18)14-10-7-5-9(13)6-8-10/h5-8H,2-4H2,1H3,(H,15,17)(H2,14,16,18). The number of nitrogens with one attached hydrogen (secondary N) is 3. The van der Waals surface area contributed by atoms with Gasteiger partial charge in [0.1, 0.15) is 0 Å². The highest BCUT2D eigenvalue weighted by Crippen LogP contribution is 2.12. The number of hydrazine groups is 1. The minimum absolute atomic E-state index is 0.205. The normalized spacial score (nSPS) is 9.67. The van der Waals surface area contributed by atoms with E-state index >= 15 is 0 Å². The maximum atomic E-state index is 11.4. The fourth-order valence-electron chi connectivity index (χ4n) is 1.22. The van der Waals surface area contributed by atoms with Crippen LogP contribution in [0.5, 0.6) is 0 Å². The topological polar surface area (TPSA) is 70.2 Å². The molecule has 0 aromatic heterocycles. The van der Waals surface area contributed by atoms with Crippen molar-refractivity contribution < 1.29 is 9.59 Å². The molecule has 0 atom stereocenters. The van der Waals surface area contributed by atoms with Gasteiger partial charge in [-0.25, -0.2) is 10.2 Å². The highest BCUT2D eigenvalue weighted by Gasteiger charge is 2.04. The van der Waals surface area contributed by atoms with E-state index in [1.807, 2.05) is 6.92 Å². The zero-order chi connectivity index (χ0) is 13.4. The Labute approximate surface area is 111 Å². The van der Waals surface area contributed by atoms with Crippen LogP contribution in [0.4, 0.5) is 10.5 Å². The Morgan fingerprint density at radius 1 is 1.17 bits per heavy atom. The summed E-state index contributed by atoms with van der Waals surface area (Å²) in [5, 5.41) is 3.15. The summed E-state index contributed by atoms with van der Waals surface area (Å²) in [6, 6.07) is 6.16. The molecule has 6 heteroatoms. The Bertz CT molecular complexity index is 406. The van der Waals surface area contributed by atoms with Crippen molar-refractivity contribution in [2.45, 2.75) is 26.2 Å². The molecule has 3 N–H and O–H groups in total. The van der Waals surface area contributed by atoms with Crippen molar-refractivity contribution in [3.63, 3.8) is 0 Å². The highest BCUT2D eigenvalue weighted by atomic mass is 35.5. The molecule has 0 bridgehead atoms. The molecule has 0 unspecified atom stereocenters. The molecule has 5 nitrogen and oxygen atoms in total. The number of benzene rings is 1. The van der Waals surface area contributed by atoms with Crippen LogP contribution < -0.4 is 16.2 Å². The van der Waals surface area contributed by atoms with E-state index in [2.05, 4.69) is 16.2 Å². The van der Waals surface area contributed by atoms with Crippen LogP contribution in [-0.4, -0.2) is 11.9 Å². The first kappa shape index (κ1) is 14.3. The number of halogens is 1. The molecule has 98 valence electrons. The lowest BCUT2D eigenvalue weighted by atomic mass is 10.2. The summed E-state index contributed by atoms with van der Waals surface area (Å²) in [7, 11) is 0. The van der Waals surface area contributed by atoms with Crippen molar-refractivity contribution in [3.05, 3.63) is 29.3 Å². The van der Waals surface area contributed by atoms with E-state index in [0.717, 1.165) is 12.8 Å². The van der Waals surface area contributed by atoms with E-state index in [1.54, 1.807) is 24.3 Å². The number of hydrogen-bond donors (Lipinski definition) is 3. The molecule has 1 aromatic rings. The third kappa shape index (κ3) is 5.54. The number of unbranched alkanes of at least 4 members (excludes halogenated alkanes) is 1. The van der Waals surface area contributed by atoms with E-state index in [-0.39, 0.29) is 5.91 Å². The average Bonchev–Trinajstić information content (AvgIpc) is 2.36. The molecule has 0 aliphatic carbocycles. The molecule has 1 rings (SSSR count). The molecule has 0 saturated carbocycles. The lowest BCUT2D eigenvalue weighted by Gasteiger charge is -2.08. The number of amides is 3. The van der Waals surface area contributed by atoms with Gasteiger partial charge in [-0.2, -0.15) is 0 Å². The average molecular weight is 270 g/mol. The largest absolute Gasteiger partial charge is 0.337 e. The number of rotatable bonds is 4. The Morgan fingerprint density at radius 2 is 1.83 bits per heavy atom. The number of hydrogen-bond acceptors (Lipinski definition) is 2. The van der Waals surface area contributed by atoms with Crippen LogP contribution in [0.15, 0.2) is 24.3 Å². The zero-order valence-corrected chi connectivity index (χ0v) is 10.9. The molecule has 0 saturated heterocycles. The smallest absolute Gasteiger partial charge is 0.307 e. The van der Waals surface area contributed by atoms with Crippen LogP contribution in [0.2, 0.25) is 5.02 Å². The van der Waals surface area contributed by atoms with Gasteiger partial charge in [0.05, 0.1) is 0 Å². The molecular formula is C12H16ClN3O2. The lowest BCUT2D eigenvalue weighted by Crippen LogP contribution is -2.43. The maximum Gasteiger partial charge on any atom is 0.337 e. The summed E-state index contributed by atoms with van der Waals surface area (Å²) in [6.45, 7) is 1.99. The molecular weight excluding hydrogens is 254 g/mol.